The molecule has 5 nitrogen and oxygen atoms in total. The Hall–Kier alpha value is -3.22. The molecule has 0 saturated heterocycles. The van der Waals surface area contributed by atoms with Gasteiger partial charge in [-0.05, 0) is 41.5 Å². The van der Waals surface area contributed by atoms with E-state index >= 15 is 0 Å². The minimum absolute atomic E-state index is 0.0770. The van der Waals surface area contributed by atoms with Crippen LogP contribution in [0.5, 0.6) is 5.75 Å². The van der Waals surface area contributed by atoms with Crippen LogP contribution in [0, 0.1) is 0 Å². The van der Waals surface area contributed by atoms with Gasteiger partial charge in [0, 0.05) is 42.7 Å². The first kappa shape index (κ1) is 19.7. The van der Waals surface area contributed by atoms with Gasteiger partial charge >= 0.3 is 0 Å². The molecule has 0 unspecified atom stereocenters. The van der Waals surface area contributed by atoms with Gasteiger partial charge in [0.1, 0.15) is 15.5 Å². The number of carbonyl (C=O) groups is 1. The van der Waals surface area contributed by atoms with Crippen LogP contribution in [0.1, 0.15) is 32.1 Å². The summed E-state index contributed by atoms with van der Waals surface area (Å²) in [5.74, 6) is 0.641. The number of carbonyl (C=O) groups excluding carboxylic acids is 1. The van der Waals surface area contributed by atoms with Crippen LogP contribution in [0.15, 0.2) is 60.7 Å². The van der Waals surface area contributed by atoms with E-state index < -0.39 is 0 Å². The molecule has 31 heavy (non-hydrogen) atoms. The quantitative estimate of drug-likeness (QED) is 0.467. The number of anilines is 1. The molecule has 0 spiro atoms. The summed E-state index contributed by atoms with van der Waals surface area (Å²) in [4.78, 5) is 21.8. The van der Waals surface area contributed by atoms with Crippen molar-refractivity contribution >= 4 is 33.0 Å². The lowest BCUT2D eigenvalue weighted by Crippen LogP contribution is -2.30. The zero-order valence-electron chi connectivity index (χ0n) is 17.3. The molecule has 4 aromatic rings. The molecule has 6 heteroatoms. The van der Waals surface area contributed by atoms with Crippen molar-refractivity contribution in [3.05, 3.63) is 87.9 Å². The lowest BCUT2D eigenvalue weighted by atomic mass is 10.0. The van der Waals surface area contributed by atoms with Gasteiger partial charge in [-0.3, -0.25) is 9.69 Å². The summed E-state index contributed by atoms with van der Waals surface area (Å²) in [5.41, 5.74) is 11.2. The molecule has 2 aromatic carbocycles. The van der Waals surface area contributed by atoms with E-state index in [9.17, 15) is 4.79 Å². The Labute approximate surface area is 185 Å². The Morgan fingerprint density at radius 1 is 1.16 bits per heavy atom. The minimum Gasteiger partial charge on any atom is -0.497 e. The summed E-state index contributed by atoms with van der Waals surface area (Å²) in [6.45, 7) is 2.72. The van der Waals surface area contributed by atoms with Gasteiger partial charge in [0.25, 0.3) is 0 Å². The average Bonchev–Trinajstić information content (AvgIpc) is 3.13. The highest BCUT2D eigenvalue weighted by Crippen LogP contribution is 2.36. The van der Waals surface area contributed by atoms with Crippen LogP contribution in [0.4, 0.5) is 5.69 Å². The van der Waals surface area contributed by atoms with E-state index in [-0.39, 0.29) is 5.78 Å². The number of nitrogens with zero attached hydrogens (tertiary/aromatic N) is 2. The molecule has 0 atom stereocenters. The second-order valence-corrected chi connectivity index (χ2v) is 8.79. The molecule has 3 heterocycles. The second kappa shape index (κ2) is 8.13. The number of fused-ring (bicyclic) bond motifs is 2. The summed E-state index contributed by atoms with van der Waals surface area (Å²) < 4.78 is 5.18. The minimum atomic E-state index is -0.0770. The van der Waals surface area contributed by atoms with Crippen molar-refractivity contribution in [2.24, 2.45) is 0 Å². The highest BCUT2D eigenvalue weighted by atomic mass is 32.1. The predicted octanol–water partition coefficient (Wildman–Crippen LogP) is 4.68. The molecule has 2 N–H and O–H groups in total. The third kappa shape index (κ3) is 3.80. The third-order valence-corrected chi connectivity index (χ3v) is 6.87. The Morgan fingerprint density at radius 3 is 2.68 bits per heavy atom. The van der Waals surface area contributed by atoms with Gasteiger partial charge < -0.3 is 10.5 Å². The Balaban J connectivity index is 1.44. The maximum Gasteiger partial charge on any atom is 0.205 e. The third-order valence-electron chi connectivity index (χ3n) is 5.76. The molecule has 0 amide bonds. The van der Waals surface area contributed by atoms with Crippen molar-refractivity contribution in [1.29, 1.82) is 0 Å². The maximum absolute atomic E-state index is 13.1. The van der Waals surface area contributed by atoms with Gasteiger partial charge in [0.15, 0.2) is 0 Å². The zero-order chi connectivity index (χ0) is 21.4. The van der Waals surface area contributed by atoms with Gasteiger partial charge in [-0.15, -0.1) is 11.3 Å². The summed E-state index contributed by atoms with van der Waals surface area (Å²) >= 11 is 1.38. The van der Waals surface area contributed by atoms with Gasteiger partial charge in [0.2, 0.25) is 5.78 Å². The van der Waals surface area contributed by atoms with Gasteiger partial charge in [0.05, 0.1) is 12.8 Å². The summed E-state index contributed by atoms with van der Waals surface area (Å²) in [7, 11) is 1.61. The number of nitrogen functional groups attached to an aromatic ring is 1. The predicted molar refractivity (Wildman–Crippen MR) is 125 cm³/mol. The molecule has 0 bridgehead atoms. The molecular weight excluding hydrogens is 406 g/mol. The lowest BCUT2D eigenvalue weighted by Gasteiger charge is -2.28. The van der Waals surface area contributed by atoms with Crippen LogP contribution >= 0.6 is 11.3 Å². The highest BCUT2D eigenvalue weighted by Gasteiger charge is 2.23. The number of pyridine rings is 1. The Kier molecular flexibility index (Phi) is 5.18. The number of hydrogen-bond donors (Lipinski definition) is 1. The average molecular weight is 430 g/mol. The fourth-order valence-corrected chi connectivity index (χ4v) is 5.13. The van der Waals surface area contributed by atoms with Crippen LogP contribution in [0.3, 0.4) is 0 Å². The molecular formula is C25H23N3O2S. The number of thiophene rings is 1. The lowest BCUT2D eigenvalue weighted by molar-refractivity contribution is 0.104. The van der Waals surface area contributed by atoms with E-state index in [0.717, 1.165) is 47.7 Å². The summed E-state index contributed by atoms with van der Waals surface area (Å²) in [6, 6.07) is 19.7. The van der Waals surface area contributed by atoms with E-state index in [2.05, 4.69) is 35.2 Å². The molecule has 1 aliphatic rings. The monoisotopic (exact) mass is 429 g/mol. The van der Waals surface area contributed by atoms with Crippen molar-refractivity contribution in [3.63, 3.8) is 0 Å². The molecule has 0 saturated carbocycles. The largest absolute Gasteiger partial charge is 0.497 e. The fourth-order valence-electron chi connectivity index (χ4n) is 4.07. The number of methoxy groups -OCH3 is 1. The molecule has 5 rings (SSSR count). The molecule has 1 aliphatic heterocycles. The van der Waals surface area contributed by atoms with E-state index in [1.165, 1.54) is 22.5 Å². The molecule has 0 aliphatic carbocycles. The second-order valence-electron chi connectivity index (χ2n) is 7.80. The van der Waals surface area contributed by atoms with Crippen molar-refractivity contribution in [1.82, 2.24) is 9.88 Å². The first-order valence-corrected chi connectivity index (χ1v) is 11.1. The van der Waals surface area contributed by atoms with Crippen molar-refractivity contribution in [2.45, 2.75) is 19.5 Å². The first-order valence-electron chi connectivity index (χ1n) is 10.3. The van der Waals surface area contributed by atoms with Crippen molar-refractivity contribution < 1.29 is 9.53 Å². The number of benzene rings is 2. The van der Waals surface area contributed by atoms with E-state index in [1.54, 1.807) is 31.4 Å². The van der Waals surface area contributed by atoms with Crippen molar-refractivity contribution in [2.75, 3.05) is 19.4 Å². The van der Waals surface area contributed by atoms with Crippen LogP contribution < -0.4 is 10.5 Å². The molecule has 0 radical (unpaired) electrons. The van der Waals surface area contributed by atoms with Gasteiger partial charge in [-0.1, -0.05) is 30.3 Å². The smallest absolute Gasteiger partial charge is 0.205 e. The molecule has 2 aromatic heterocycles. The van der Waals surface area contributed by atoms with Gasteiger partial charge in [-0.2, -0.15) is 0 Å². The Morgan fingerprint density at radius 2 is 1.94 bits per heavy atom. The zero-order valence-corrected chi connectivity index (χ0v) is 18.1. The number of ether oxygens (including phenoxy) is 1. The van der Waals surface area contributed by atoms with E-state index in [0.29, 0.717) is 16.1 Å². The van der Waals surface area contributed by atoms with Crippen molar-refractivity contribution in [3.8, 4) is 5.75 Å². The number of nitrogens with two attached hydrogens (primary N) is 1. The van der Waals surface area contributed by atoms with Crippen LogP contribution in [0.2, 0.25) is 0 Å². The summed E-state index contributed by atoms with van der Waals surface area (Å²) in [5, 5.41) is 0.877. The number of hydrogen-bond acceptors (Lipinski definition) is 6. The van der Waals surface area contributed by atoms with Crippen LogP contribution in [0.25, 0.3) is 10.2 Å². The number of ketones is 1. The van der Waals surface area contributed by atoms with E-state index in [1.807, 2.05) is 6.07 Å². The Bertz CT molecular complexity index is 1250. The SMILES string of the molecule is COc1ccc(C(=O)c2sc3nc4c(cc3c2N)CN(Cc2ccccc2)CC4)cc1. The normalized spacial score (nSPS) is 13.8. The summed E-state index contributed by atoms with van der Waals surface area (Å²) in [6.07, 6.45) is 0.900. The number of aromatic nitrogens is 1. The highest BCUT2D eigenvalue weighted by molar-refractivity contribution is 7.21. The standard InChI is InChI=1S/C25H23N3O2S/c1-30-19-9-7-17(8-10-19)23(29)24-22(26)20-13-18-15-28(14-16-5-3-2-4-6-16)12-11-21(18)27-25(20)31-24/h2-10,13H,11-12,14-15,26H2,1H3. The van der Waals surface area contributed by atoms with Crippen LogP contribution in [-0.2, 0) is 19.5 Å². The maximum atomic E-state index is 13.1. The fraction of sp³-hybridized carbons (Fsp3) is 0.200. The van der Waals surface area contributed by atoms with Crippen LogP contribution in [-0.4, -0.2) is 29.3 Å². The number of rotatable bonds is 5. The topological polar surface area (TPSA) is 68.4 Å². The molecule has 0 fully saturated rings. The van der Waals surface area contributed by atoms with E-state index in [4.69, 9.17) is 15.5 Å². The first-order chi connectivity index (χ1) is 15.1. The van der Waals surface area contributed by atoms with Gasteiger partial charge in [-0.25, -0.2) is 4.98 Å². The molecule has 156 valence electrons.